The normalized spacial score (nSPS) is 15.4. The molecule has 1 aliphatic rings. The predicted molar refractivity (Wildman–Crippen MR) is 146 cm³/mol. The number of anilines is 1. The Bertz CT molecular complexity index is 1310. The van der Waals surface area contributed by atoms with Crippen molar-refractivity contribution in [3.8, 4) is 5.75 Å². The summed E-state index contributed by atoms with van der Waals surface area (Å²) in [5, 5.41) is 4.95. The van der Waals surface area contributed by atoms with E-state index in [0.717, 1.165) is 21.1 Å². The molecule has 3 amide bonds. The summed E-state index contributed by atoms with van der Waals surface area (Å²) in [6.07, 6.45) is 5.27. The molecular formula is C25H27N5O4S3. The topological polar surface area (TPSA) is 105 Å². The number of nitrogens with zero attached hydrogens (tertiary/aromatic N) is 4. The molecule has 1 aliphatic heterocycles. The van der Waals surface area contributed by atoms with Crippen LogP contribution in [0.4, 0.5) is 5.13 Å². The van der Waals surface area contributed by atoms with Gasteiger partial charge >= 0.3 is 0 Å². The summed E-state index contributed by atoms with van der Waals surface area (Å²) in [6.45, 7) is 8.90. The number of thiazole rings is 1. The van der Waals surface area contributed by atoms with E-state index >= 15 is 0 Å². The second-order valence-corrected chi connectivity index (χ2v) is 11.4. The van der Waals surface area contributed by atoms with Gasteiger partial charge in [0.05, 0.1) is 34.8 Å². The van der Waals surface area contributed by atoms with Crippen molar-refractivity contribution in [1.29, 1.82) is 0 Å². The van der Waals surface area contributed by atoms with E-state index in [4.69, 9.17) is 4.74 Å². The van der Waals surface area contributed by atoms with Gasteiger partial charge in [0.15, 0.2) is 5.13 Å². The van der Waals surface area contributed by atoms with Gasteiger partial charge in [-0.05, 0) is 48.6 Å². The molecule has 0 saturated carbocycles. The van der Waals surface area contributed by atoms with Crippen LogP contribution in [0.3, 0.4) is 0 Å². The summed E-state index contributed by atoms with van der Waals surface area (Å²) < 4.78 is 10.4. The SMILES string of the molecule is C=CC(=O)N1CCN(C(=O)c2cc(Sc3cnc(NC(=O)c4cnsc4)s3)c(C)cc2OC)C[C@H]1CC. The number of ether oxygens (including phenoxy) is 1. The Hall–Kier alpha value is -3.22. The number of carbonyl (C=O) groups excluding carboxylic acids is 3. The fourth-order valence-corrected chi connectivity index (χ4v) is 6.49. The van der Waals surface area contributed by atoms with E-state index in [0.29, 0.717) is 41.6 Å². The first-order valence-corrected chi connectivity index (χ1v) is 14.1. The third-order valence-electron chi connectivity index (χ3n) is 6.04. The maximum Gasteiger partial charge on any atom is 0.259 e. The number of methoxy groups -OCH3 is 1. The van der Waals surface area contributed by atoms with Gasteiger partial charge in [-0.2, -0.15) is 0 Å². The number of aromatic nitrogens is 2. The van der Waals surface area contributed by atoms with Crippen LogP contribution in [0.25, 0.3) is 0 Å². The van der Waals surface area contributed by atoms with Crippen molar-refractivity contribution in [2.45, 2.75) is 35.4 Å². The first-order valence-electron chi connectivity index (χ1n) is 11.6. The number of aryl methyl sites for hydroxylation is 1. The van der Waals surface area contributed by atoms with E-state index in [1.807, 2.05) is 26.0 Å². The monoisotopic (exact) mass is 557 g/mol. The van der Waals surface area contributed by atoms with Gasteiger partial charge in [-0.3, -0.25) is 19.7 Å². The Balaban J connectivity index is 1.51. The Morgan fingerprint density at radius 3 is 2.78 bits per heavy atom. The molecule has 12 heteroatoms. The standard InChI is InChI=1S/C25H27N5O4S3/c1-5-17-13-29(7-8-30(17)21(31)6-2)24(33)18-10-20(15(3)9-19(18)34-4)36-22-12-26-25(37-22)28-23(32)16-11-27-35-14-16/h6,9-12,14,17H,2,5,7-8,13H2,1,3-4H3,(H,26,28,32)/t17-/m1/s1. The van der Waals surface area contributed by atoms with Crippen molar-refractivity contribution in [3.63, 3.8) is 0 Å². The number of amides is 3. The summed E-state index contributed by atoms with van der Waals surface area (Å²) in [5.74, 6) is 0.00157. The summed E-state index contributed by atoms with van der Waals surface area (Å²) in [6, 6.07) is 3.64. The highest BCUT2D eigenvalue weighted by Crippen LogP contribution is 2.38. The average molecular weight is 558 g/mol. The second-order valence-electron chi connectivity index (χ2n) is 8.32. The zero-order valence-electron chi connectivity index (χ0n) is 20.7. The lowest BCUT2D eigenvalue weighted by atomic mass is 10.1. The van der Waals surface area contributed by atoms with Crippen LogP contribution in [-0.4, -0.2) is 69.7 Å². The molecule has 1 atom stereocenters. The van der Waals surface area contributed by atoms with E-state index in [1.165, 1.54) is 46.9 Å². The van der Waals surface area contributed by atoms with Crippen LogP contribution in [0.1, 0.15) is 39.6 Å². The summed E-state index contributed by atoms with van der Waals surface area (Å²) in [4.78, 5) is 46.9. The molecule has 3 heterocycles. The van der Waals surface area contributed by atoms with Crippen LogP contribution < -0.4 is 10.1 Å². The molecule has 4 rings (SSSR count). The maximum absolute atomic E-state index is 13.6. The number of carbonyl (C=O) groups is 3. The molecule has 0 radical (unpaired) electrons. The smallest absolute Gasteiger partial charge is 0.259 e. The van der Waals surface area contributed by atoms with E-state index in [9.17, 15) is 14.4 Å². The van der Waals surface area contributed by atoms with Crippen LogP contribution in [0.5, 0.6) is 5.75 Å². The van der Waals surface area contributed by atoms with E-state index in [1.54, 1.807) is 28.5 Å². The summed E-state index contributed by atoms with van der Waals surface area (Å²) in [5.41, 5.74) is 1.91. The van der Waals surface area contributed by atoms with Gasteiger partial charge in [0, 0.05) is 36.0 Å². The molecule has 0 unspecified atom stereocenters. The number of hydrogen-bond acceptors (Lipinski definition) is 9. The number of hydrogen-bond donors (Lipinski definition) is 1. The number of piperazine rings is 1. The highest BCUT2D eigenvalue weighted by atomic mass is 32.2. The molecule has 3 aromatic rings. The minimum absolute atomic E-state index is 0.0656. The van der Waals surface area contributed by atoms with Crippen molar-refractivity contribution in [1.82, 2.24) is 19.2 Å². The van der Waals surface area contributed by atoms with Gasteiger partial charge in [-0.15, -0.1) is 0 Å². The maximum atomic E-state index is 13.6. The molecule has 1 aromatic carbocycles. The van der Waals surface area contributed by atoms with Crippen LogP contribution in [0.15, 0.2) is 51.7 Å². The highest BCUT2D eigenvalue weighted by molar-refractivity contribution is 8.01. The van der Waals surface area contributed by atoms with Gasteiger partial charge in [-0.25, -0.2) is 9.36 Å². The number of rotatable bonds is 8. The third-order valence-corrected chi connectivity index (χ3v) is 8.80. The van der Waals surface area contributed by atoms with Crippen molar-refractivity contribution >= 4 is 57.5 Å². The average Bonchev–Trinajstić information content (AvgIpc) is 3.61. The molecule has 9 nitrogen and oxygen atoms in total. The lowest BCUT2D eigenvalue weighted by Gasteiger charge is -2.41. The van der Waals surface area contributed by atoms with Crippen LogP contribution in [0, 0.1) is 6.92 Å². The van der Waals surface area contributed by atoms with Gasteiger partial charge in [-0.1, -0.05) is 36.6 Å². The molecule has 0 aliphatic carbocycles. The van der Waals surface area contributed by atoms with Crippen LogP contribution in [-0.2, 0) is 4.79 Å². The molecule has 1 saturated heterocycles. The molecule has 1 fully saturated rings. The van der Waals surface area contributed by atoms with Gasteiger partial charge in [0.2, 0.25) is 5.91 Å². The molecule has 194 valence electrons. The number of nitrogens with one attached hydrogen (secondary N) is 1. The first kappa shape index (κ1) is 26.8. The zero-order chi connectivity index (χ0) is 26.5. The van der Waals surface area contributed by atoms with Crippen molar-refractivity contribution in [3.05, 3.63) is 59.3 Å². The Morgan fingerprint density at radius 1 is 1.30 bits per heavy atom. The van der Waals surface area contributed by atoms with E-state index in [2.05, 4.69) is 21.3 Å². The van der Waals surface area contributed by atoms with E-state index in [-0.39, 0.29) is 23.8 Å². The molecule has 1 N–H and O–H groups in total. The fraction of sp³-hybridized carbons (Fsp3) is 0.320. The minimum Gasteiger partial charge on any atom is -0.496 e. The zero-order valence-corrected chi connectivity index (χ0v) is 23.2. The lowest BCUT2D eigenvalue weighted by Crippen LogP contribution is -2.56. The molecule has 0 spiro atoms. The summed E-state index contributed by atoms with van der Waals surface area (Å²) >= 11 is 4.04. The fourth-order valence-electron chi connectivity index (χ4n) is 4.03. The van der Waals surface area contributed by atoms with Crippen molar-refractivity contribution in [2.75, 3.05) is 32.1 Å². The molecule has 0 bridgehead atoms. The van der Waals surface area contributed by atoms with Gasteiger partial charge in [0.25, 0.3) is 11.8 Å². The molecule has 2 aromatic heterocycles. The highest BCUT2D eigenvalue weighted by Gasteiger charge is 2.32. The second kappa shape index (κ2) is 11.9. The Kier molecular flexibility index (Phi) is 8.62. The third kappa shape index (κ3) is 6.03. The van der Waals surface area contributed by atoms with E-state index < -0.39 is 0 Å². The van der Waals surface area contributed by atoms with Gasteiger partial charge in [0.1, 0.15) is 5.75 Å². The largest absolute Gasteiger partial charge is 0.496 e. The first-order chi connectivity index (χ1) is 17.8. The minimum atomic E-state index is -0.256. The molecular weight excluding hydrogens is 531 g/mol. The Morgan fingerprint density at radius 2 is 2.11 bits per heavy atom. The summed E-state index contributed by atoms with van der Waals surface area (Å²) in [7, 11) is 1.55. The van der Waals surface area contributed by atoms with Gasteiger partial charge < -0.3 is 14.5 Å². The molecule has 37 heavy (non-hydrogen) atoms. The van der Waals surface area contributed by atoms with Crippen molar-refractivity contribution in [2.24, 2.45) is 0 Å². The van der Waals surface area contributed by atoms with Crippen LogP contribution >= 0.6 is 34.6 Å². The number of benzene rings is 1. The Labute approximate surface area is 227 Å². The van der Waals surface area contributed by atoms with Crippen molar-refractivity contribution < 1.29 is 19.1 Å². The lowest BCUT2D eigenvalue weighted by molar-refractivity contribution is -0.130. The van der Waals surface area contributed by atoms with Crippen LogP contribution in [0.2, 0.25) is 0 Å². The predicted octanol–water partition coefficient (Wildman–Crippen LogP) is 4.57. The quantitative estimate of drug-likeness (QED) is 0.405.